The number of anilines is 2. The van der Waals surface area contributed by atoms with Crippen molar-refractivity contribution in [3.05, 3.63) is 48.2 Å². The Morgan fingerprint density at radius 2 is 1.81 bits per heavy atom. The fourth-order valence-corrected chi connectivity index (χ4v) is 3.95. The molecule has 1 unspecified atom stereocenters. The van der Waals surface area contributed by atoms with Crippen LogP contribution in [0.2, 0.25) is 0 Å². The number of rotatable bonds is 5. The van der Waals surface area contributed by atoms with Crippen molar-refractivity contribution >= 4 is 33.2 Å². The Bertz CT molecular complexity index is 1070. The molecule has 3 N–H and O–H groups in total. The van der Waals surface area contributed by atoms with Gasteiger partial charge in [0.15, 0.2) is 0 Å². The minimum absolute atomic E-state index is 0.0227. The molecule has 0 radical (unpaired) electrons. The number of sulfone groups is 1. The number of carbonyl (C=O) groups excluding carboxylic acids is 2. The van der Waals surface area contributed by atoms with Gasteiger partial charge in [0.05, 0.1) is 22.7 Å². The van der Waals surface area contributed by atoms with E-state index in [-0.39, 0.29) is 17.4 Å². The van der Waals surface area contributed by atoms with Crippen molar-refractivity contribution in [2.24, 2.45) is 11.7 Å². The van der Waals surface area contributed by atoms with Crippen molar-refractivity contribution < 1.29 is 31.2 Å². The van der Waals surface area contributed by atoms with Gasteiger partial charge in [-0.25, -0.2) is 13.4 Å². The number of aromatic nitrogens is 1. The van der Waals surface area contributed by atoms with Crippen LogP contribution in [0.15, 0.2) is 47.5 Å². The lowest BCUT2D eigenvalue weighted by atomic mass is 9.97. The first-order valence-corrected chi connectivity index (χ1v) is 10.7. The summed E-state index contributed by atoms with van der Waals surface area (Å²) in [6, 6.07) is 6.70. The van der Waals surface area contributed by atoms with Gasteiger partial charge in [0, 0.05) is 18.7 Å². The third-order valence-electron chi connectivity index (χ3n) is 4.89. The van der Waals surface area contributed by atoms with Crippen LogP contribution >= 0.6 is 0 Å². The molecule has 31 heavy (non-hydrogen) atoms. The zero-order valence-corrected chi connectivity index (χ0v) is 16.9. The van der Waals surface area contributed by atoms with E-state index in [1.54, 1.807) is 12.1 Å². The molecule has 166 valence electrons. The van der Waals surface area contributed by atoms with Gasteiger partial charge >= 0.3 is 5.51 Å². The average molecular weight is 456 g/mol. The molecule has 2 amide bonds. The third-order valence-corrected chi connectivity index (χ3v) is 6.39. The van der Waals surface area contributed by atoms with Crippen molar-refractivity contribution in [2.75, 3.05) is 23.3 Å². The van der Waals surface area contributed by atoms with Crippen molar-refractivity contribution in [1.82, 2.24) is 4.98 Å². The zero-order chi connectivity index (χ0) is 22.8. The quantitative estimate of drug-likeness (QED) is 0.712. The maximum atomic E-state index is 12.6. The molecule has 1 aromatic heterocycles. The Balaban J connectivity index is 1.66. The highest BCUT2D eigenvalue weighted by molar-refractivity contribution is 7.92. The van der Waals surface area contributed by atoms with Crippen LogP contribution in [0, 0.1) is 5.92 Å². The Kier molecular flexibility index (Phi) is 6.20. The average Bonchev–Trinajstić information content (AvgIpc) is 2.73. The number of nitrogens with one attached hydrogen (secondary N) is 1. The van der Waals surface area contributed by atoms with Crippen LogP contribution in [0.5, 0.6) is 0 Å². The van der Waals surface area contributed by atoms with E-state index in [4.69, 9.17) is 5.73 Å². The molecule has 1 aliphatic heterocycles. The molecule has 0 bridgehead atoms. The first-order chi connectivity index (χ1) is 14.5. The smallest absolute Gasteiger partial charge is 0.369 e. The lowest BCUT2D eigenvalue weighted by Gasteiger charge is -2.32. The number of nitrogens with zero attached hydrogens (tertiary/aromatic N) is 2. The second kappa shape index (κ2) is 8.53. The molecule has 2 aromatic rings. The van der Waals surface area contributed by atoms with Crippen LogP contribution in [0.25, 0.3) is 0 Å². The molecule has 1 aromatic carbocycles. The van der Waals surface area contributed by atoms with E-state index < -0.39 is 26.1 Å². The molecule has 1 fully saturated rings. The predicted octanol–water partition coefficient (Wildman–Crippen LogP) is 2.33. The Morgan fingerprint density at radius 3 is 2.35 bits per heavy atom. The van der Waals surface area contributed by atoms with E-state index in [0.29, 0.717) is 18.1 Å². The molecule has 0 saturated carbocycles. The highest BCUT2D eigenvalue weighted by Gasteiger charge is 2.46. The third kappa shape index (κ3) is 4.95. The molecule has 1 atom stereocenters. The minimum atomic E-state index is -5.48. The predicted molar refractivity (Wildman–Crippen MR) is 106 cm³/mol. The van der Waals surface area contributed by atoms with Crippen molar-refractivity contribution in [3.8, 4) is 0 Å². The Morgan fingerprint density at radius 1 is 1.13 bits per heavy atom. The van der Waals surface area contributed by atoms with Gasteiger partial charge < -0.3 is 16.0 Å². The number of primary amides is 1. The van der Waals surface area contributed by atoms with Crippen LogP contribution < -0.4 is 16.0 Å². The SMILES string of the molecule is NC(=O)C1CCCN(c2ccc(NC(=O)c3ccc(S(=O)(=O)C(F)(F)F)cc3)cn2)C1. The maximum Gasteiger partial charge on any atom is 0.501 e. The molecular weight excluding hydrogens is 437 g/mol. The Labute approximate surface area is 176 Å². The number of piperidine rings is 1. The minimum Gasteiger partial charge on any atom is -0.369 e. The highest BCUT2D eigenvalue weighted by atomic mass is 32.2. The van der Waals surface area contributed by atoms with Gasteiger partial charge in [-0.05, 0) is 49.2 Å². The van der Waals surface area contributed by atoms with Gasteiger partial charge in [-0.3, -0.25) is 9.59 Å². The van der Waals surface area contributed by atoms with Crippen LogP contribution in [0.3, 0.4) is 0 Å². The molecule has 8 nitrogen and oxygen atoms in total. The fourth-order valence-electron chi connectivity index (χ4n) is 3.19. The summed E-state index contributed by atoms with van der Waals surface area (Å²) in [6.45, 7) is 1.18. The van der Waals surface area contributed by atoms with Crippen LogP contribution in [-0.4, -0.2) is 43.8 Å². The first kappa shape index (κ1) is 22.5. The molecule has 0 aliphatic carbocycles. The second-order valence-corrected chi connectivity index (χ2v) is 8.96. The zero-order valence-electron chi connectivity index (χ0n) is 16.1. The van der Waals surface area contributed by atoms with E-state index in [9.17, 15) is 31.2 Å². The second-order valence-electron chi connectivity index (χ2n) is 7.02. The van der Waals surface area contributed by atoms with Crippen LogP contribution in [-0.2, 0) is 14.6 Å². The lowest BCUT2D eigenvalue weighted by Crippen LogP contribution is -2.41. The molecule has 3 rings (SSSR count). The van der Waals surface area contributed by atoms with Gasteiger partial charge in [-0.1, -0.05) is 0 Å². The largest absolute Gasteiger partial charge is 0.501 e. The van der Waals surface area contributed by atoms with Crippen molar-refractivity contribution in [1.29, 1.82) is 0 Å². The highest BCUT2D eigenvalue weighted by Crippen LogP contribution is 2.30. The summed E-state index contributed by atoms with van der Waals surface area (Å²) in [5.74, 6) is -0.635. The van der Waals surface area contributed by atoms with Gasteiger partial charge in [0.1, 0.15) is 5.82 Å². The maximum absolute atomic E-state index is 12.6. The van der Waals surface area contributed by atoms with Gasteiger partial charge in [-0.2, -0.15) is 13.2 Å². The Hall–Kier alpha value is -3.15. The van der Waals surface area contributed by atoms with E-state index in [1.807, 2.05) is 4.90 Å². The van der Waals surface area contributed by atoms with E-state index in [2.05, 4.69) is 10.3 Å². The first-order valence-electron chi connectivity index (χ1n) is 9.22. The number of carbonyl (C=O) groups is 2. The summed E-state index contributed by atoms with van der Waals surface area (Å²) in [4.78, 5) is 29.0. The monoisotopic (exact) mass is 456 g/mol. The standard InChI is InChI=1S/C19H19F3N4O4S/c20-19(21,22)31(29,30)15-6-3-12(4-7-15)18(28)25-14-5-8-16(24-10-14)26-9-1-2-13(11-26)17(23)27/h3-8,10,13H,1-2,9,11H2,(H2,23,27)(H,25,28). The molecule has 2 heterocycles. The van der Waals surface area contributed by atoms with Gasteiger partial charge in [0.2, 0.25) is 5.91 Å². The number of nitrogens with two attached hydrogens (primary N) is 1. The van der Waals surface area contributed by atoms with E-state index in [0.717, 1.165) is 43.7 Å². The summed E-state index contributed by atoms with van der Waals surface area (Å²) >= 11 is 0. The normalized spacial score (nSPS) is 17.3. The number of alkyl halides is 3. The number of pyridine rings is 1. The van der Waals surface area contributed by atoms with Crippen LogP contribution in [0.4, 0.5) is 24.7 Å². The topological polar surface area (TPSA) is 122 Å². The van der Waals surface area contributed by atoms with Crippen molar-refractivity contribution in [2.45, 2.75) is 23.2 Å². The number of halogens is 3. The molecule has 12 heteroatoms. The van der Waals surface area contributed by atoms with E-state index in [1.165, 1.54) is 6.20 Å². The molecule has 0 spiro atoms. The summed E-state index contributed by atoms with van der Waals surface area (Å²) in [5, 5.41) is 2.54. The van der Waals surface area contributed by atoms with Crippen molar-refractivity contribution in [3.63, 3.8) is 0 Å². The van der Waals surface area contributed by atoms with Crippen LogP contribution in [0.1, 0.15) is 23.2 Å². The summed E-state index contributed by atoms with van der Waals surface area (Å²) in [7, 11) is -5.48. The fraction of sp³-hybridized carbons (Fsp3) is 0.316. The summed E-state index contributed by atoms with van der Waals surface area (Å²) < 4.78 is 60.5. The lowest BCUT2D eigenvalue weighted by molar-refractivity contribution is -0.122. The number of amides is 2. The summed E-state index contributed by atoms with van der Waals surface area (Å²) in [5.41, 5.74) is 0.267. The number of hydrogen-bond donors (Lipinski definition) is 2. The molecule has 1 saturated heterocycles. The van der Waals surface area contributed by atoms with E-state index >= 15 is 0 Å². The number of hydrogen-bond acceptors (Lipinski definition) is 6. The number of benzene rings is 1. The summed E-state index contributed by atoms with van der Waals surface area (Å²) in [6.07, 6.45) is 2.93. The van der Waals surface area contributed by atoms with Gasteiger partial charge in [-0.15, -0.1) is 0 Å². The molecular formula is C19H19F3N4O4S. The molecule has 1 aliphatic rings. The van der Waals surface area contributed by atoms with Gasteiger partial charge in [0.25, 0.3) is 15.7 Å².